The van der Waals surface area contributed by atoms with Gasteiger partial charge in [0.2, 0.25) is 11.8 Å². The average Bonchev–Trinajstić information content (AvgIpc) is 2.90. The van der Waals surface area contributed by atoms with E-state index in [-0.39, 0.29) is 18.2 Å². The highest BCUT2D eigenvalue weighted by molar-refractivity contribution is 5.99. The number of amides is 2. The number of nitrogens with zero attached hydrogens (tertiary/aromatic N) is 1. The average molecular weight is 301 g/mol. The maximum absolute atomic E-state index is 12.4. The maximum atomic E-state index is 12.4. The molecule has 2 amide bonds. The molecular weight excluding hydrogens is 278 g/mol. The first-order valence-electron chi connectivity index (χ1n) is 8.00. The van der Waals surface area contributed by atoms with Crippen LogP contribution in [0.2, 0.25) is 0 Å². The van der Waals surface area contributed by atoms with Gasteiger partial charge in [-0.1, -0.05) is 0 Å². The molecule has 2 heterocycles. The Bertz CT molecular complexity index is 564. The minimum Gasteiger partial charge on any atom is -0.372 e. The third-order valence-electron chi connectivity index (χ3n) is 4.62. The van der Waals surface area contributed by atoms with Crippen molar-refractivity contribution in [3.05, 3.63) is 24.3 Å². The smallest absolute Gasteiger partial charge is 0.232 e. The molecule has 0 aliphatic carbocycles. The van der Waals surface area contributed by atoms with Gasteiger partial charge in [0.05, 0.1) is 5.41 Å². The van der Waals surface area contributed by atoms with Crippen LogP contribution in [0.5, 0.6) is 0 Å². The first-order chi connectivity index (χ1) is 10.6. The second-order valence-electron chi connectivity index (χ2n) is 6.56. The lowest BCUT2D eigenvalue weighted by atomic mass is 9.88. The Hall–Kier alpha value is -2.04. The number of nitrogens with one attached hydrogen (secondary N) is 2. The highest BCUT2D eigenvalue weighted by Gasteiger charge is 2.40. The van der Waals surface area contributed by atoms with Crippen LogP contribution in [0.4, 0.5) is 11.4 Å². The van der Waals surface area contributed by atoms with Crippen LogP contribution in [0.3, 0.4) is 0 Å². The summed E-state index contributed by atoms with van der Waals surface area (Å²) in [6.07, 6.45) is 4.07. The largest absolute Gasteiger partial charge is 0.372 e. The number of hydrogen-bond acceptors (Lipinski definition) is 3. The van der Waals surface area contributed by atoms with Crippen LogP contribution in [0, 0.1) is 5.41 Å². The van der Waals surface area contributed by atoms with Crippen LogP contribution in [-0.2, 0) is 9.59 Å². The molecule has 0 aromatic heterocycles. The molecule has 1 aromatic rings. The number of hydrogen-bond donors (Lipinski definition) is 2. The molecule has 2 saturated heterocycles. The van der Waals surface area contributed by atoms with Crippen molar-refractivity contribution in [3.8, 4) is 0 Å². The third kappa shape index (κ3) is 3.08. The van der Waals surface area contributed by atoms with E-state index in [0.717, 1.165) is 18.8 Å². The van der Waals surface area contributed by atoms with Gasteiger partial charge < -0.3 is 15.5 Å². The Labute approximate surface area is 131 Å². The number of carbonyl (C=O) groups is 2. The Kier molecular flexibility index (Phi) is 4.05. The standard InChI is InChI=1S/C17H23N3O2/c1-17(11-15(21)18-12-17)16(22)19-13-5-7-14(8-6-13)20-9-3-2-4-10-20/h5-8H,2-4,9-12H2,1H3,(H,18,21)(H,19,22). The van der Waals surface area contributed by atoms with Gasteiger partial charge >= 0.3 is 0 Å². The van der Waals surface area contributed by atoms with E-state index < -0.39 is 5.41 Å². The van der Waals surface area contributed by atoms with Gasteiger partial charge in [-0.3, -0.25) is 9.59 Å². The van der Waals surface area contributed by atoms with Crippen molar-refractivity contribution < 1.29 is 9.59 Å². The van der Waals surface area contributed by atoms with Crippen LogP contribution in [0.25, 0.3) is 0 Å². The first-order valence-corrected chi connectivity index (χ1v) is 8.00. The van der Waals surface area contributed by atoms with Crippen molar-refractivity contribution in [2.75, 3.05) is 29.9 Å². The SMILES string of the molecule is CC1(C(=O)Nc2ccc(N3CCCCC3)cc2)CNC(=O)C1. The molecular formula is C17H23N3O2. The molecule has 2 fully saturated rings. The Morgan fingerprint density at radius 1 is 1.18 bits per heavy atom. The van der Waals surface area contributed by atoms with Crippen LogP contribution >= 0.6 is 0 Å². The molecule has 1 atom stereocenters. The molecule has 1 unspecified atom stereocenters. The first kappa shape index (κ1) is 14.9. The molecule has 2 aliphatic rings. The molecule has 1 aromatic carbocycles. The molecule has 0 bridgehead atoms. The van der Waals surface area contributed by atoms with Crippen molar-refractivity contribution in [2.24, 2.45) is 5.41 Å². The number of piperidine rings is 1. The molecule has 0 radical (unpaired) electrons. The summed E-state index contributed by atoms with van der Waals surface area (Å²) in [4.78, 5) is 26.1. The van der Waals surface area contributed by atoms with Crippen molar-refractivity contribution >= 4 is 23.2 Å². The van der Waals surface area contributed by atoms with Gasteiger partial charge in [0, 0.05) is 37.4 Å². The summed E-state index contributed by atoms with van der Waals surface area (Å²) >= 11 is 0. The lowest BCUT2D eigenvalue weighted by Gasteiger charge is -2.29. The maximum Gasteiger partial charge on any atom is 0.232 e. The zero-order chi connectivity index (χ0) is 15.6. The van der Waals surface area contributed by atoms with Gasteiger partial charge in [0.25, 0.3) is 0 Å². The fraction of sp³-hybridized carbons (Fsp3) is 0.529. The zero-order valence-corrected chi connectivity index (χ0v) is 13.0. The topological polar surface area (TPSA) is 61.4 Å². The van der Waals surface area contributed by atoms with Crippen molar-refractivity contribution in [3.63, 3.8) is 0 Å². The highest BCUT2D eigenvalue weighted by atomic mass is 16.2. The lowest BCUT2D eigenvalue weighted by molar-refractivity contribution is -0.126. The van der Waals surface area contributed by atoms with E-state index in [9.17, 15) is 9.59 Å². The molecule has 2 aliphatic heterocycles. The monoisotopic (exact) mass is 301 g/mol. The van der Waals surface area contributed by atoms with Crippen LogP contribution in [0.15, 0.2) is 24.3 Å². The van der Waals surface area contributed by atoms with Gasteiger partial charge in [-0.05, 0) is 50.5 Å². The summed E-state index contributed by atoms with van der Waals surface area (Å²) in [5, 5.41) is 5.65. The molecule has 118 valence electrons. The van der Waals surface area contributed by atoms with Crippen molar-refractivity contribution in [1.29, 1.82) is 0 Å². The number of rotatable bonds is 3. The summed E-state index contributed by atoms with van der Waals surface area (Å²) in [6, 6.07) is 7.99. The summed E-state index contributed by atoms with van der Waals surface area (Å²) in [5.74, 6) is -0.158. The summed E-state index contributed by atoms with van der Waals surface area (Å²) < 4.78 is 0. The van der Waals surface area contributed by atoms with E-state index >= 15 is 0 Å². The van der Waals surface area contributed by atoms with Crippen LogP contribution < -0.4 is 15.5 Å². The second-order valence-corrected chi connectivity index (χ2v) is 6.56. The fourth-order valence-corrected chi connectivity index (χ4v) is 3.12. The number of anilines is 2. The van der Waals surface area contributed by atoms with E-state index in [1.54, 1.807) is 0 Å². The van der Waals surface area contributed by atoms with E-state index in [2.05, 4.69) is 27.7 Å². The molecule has 5 heteroatoms. The molecule has 0 saturated carbocycles. The predicted molar refractivity (Wildman–Crippen MR) is 86.9 cm³/mol. The normalized spacial score (nSPS) is 25.0. The minimum absolute atomic E-state index is 0.0573. The van der Waals surface area contributed by atoms with Gasteiger partial charge in [-0.25, -0.2) is 0 Å². The quantitative estimate of drug-likeness (QED) is 0.899. The molecule has 5 nitrogen and oxygen atoms in total. The minimum atomic E-state index is -0.650. The number of benzene rings is 1. The second kappa shape index (κ2) is 5.99. The zero-order valence-electron chi connectivity index (χ0n) is 13.0. The molecule has 0 spiro atoms. The van der Waals surface area contributed by atoms with E-state index in [1.807, 2.05) is 19.1 Å². The lowest BCUT2D eigenvalue weighted by Crippen LogP contribution is -2.35. The molecule has 3 rings (SSSR count). The van der Waals surface area contributed by atoms with Gasteiger partial charge in [-0.2, -0.15) is 0 Å². The molecule has 22 heavy (non-hydrogen) atoms. The Balaban J connectivity index is 1.63. The van der Waals surface area contributed by atoms with E-state index in [4.69, 9.17) is 0 Å². The number of carbonyl (C=O) groups excluding carboxylic acids is 2. The van der Waals surface area contributed by atoms with Gasteiger partial charge in [-0.15, -0.1) is 0 Å². The van der Waals surface area contributed by atoms with Crippen molar-refractivity contribution in [2.45, 2.75) is 32.6 Å². The summed E-state index contributed by atoms with van der Waals surface area (Å²) in [7, 11) is 0. The van der Waals surface area contributed by atoms with Gasteiger partial charge in [0.1, 0.15) is 0 Å². The van der Waals surface area contributed by atoms with Crippen LogP contribution in [0.1, 0.15) is 32.6 Å². The Morgan fingerprint density at radius 3 is 2.45 bits per heavy atom. The fourth-order valence-electron chi connectivity index (χ4n) is 3.12. The predicted octanol–water partition coefficient (Wildman–Crippen LogP) is 2.14. The van der Waals surface area contributed by atoms with Gasteiger partial charge in [0.15, 0.2) is 0 Å². The van der Waals surface area contributed by atoms with E-state index in [0.29, 0.717) is 6.54 Å². The van der Waals surface area contributed by atoms with E-state index in [1.165, 1.54) is 24.9 Å². The highest BCUT2D eigenvalue weighted by Crippen LogP contribution is 2.28. The van der Waals surface area contributed by atoms with Crippen LogP contribution in [-0.4, -0.2) is 31.4 Å². The summed E-state index contributed by atoms with van der Waals surface area (Å²) in [6.45, 7) is 4.45. The summed E-state index contributed by atoms with van der Waals surface area (Å²) in [5.41, 5.74) is 1.34. The van der Waals surface area contributed by atoms with Crippen molar-refractivity contribution in [1.82, 2.24) is 5.32 Å². The Morgan fingerprint density at radius 2 is 1.86 bits per heavy atom. The molecule has 2 N–H and O–H groups in total. The third-order valence-corrected chi connectivity index (χ3v) is 4.62.